The first-order chi connectivity index (χ1) is 10.3. The van der Waals surface area contributed by atoms with Crippen LogP contribution in [0.1, 0.15) is 31.7 Å². The summed E-state index contributed by atoms with van der Waals surface area (Å²) in [6, 6.07) is 10.4. The Hall–Kier alpha value is -1.39. The van der Waals surface area contributed by atoms with Crippen LogP contribution in [-0.4, -0.2) is 43.1 Å². The lowest BCUT2D eigenvalue weighted by atomic mass is 10.2. The summed E-state index contributed by atoms with van der Waals surface area (Å²) in [5.41, 5.74) is 1.15. The zero-order valence-electron chi connectivity index (χ0n) is 12.9. The summed E-state index contributed by atoms with van der Waals surface area (Å²) >= 11 is 0. The average molecular weight is 290 g/mol. The van der Waals surface area contributed by atoms with Gasteiger partial charge in [0.15, 0.2) is 0 Å². The second-order valence-electron chi connectivity index (χ2n) is 5.52. The average Bonchev–Trinajstić information content (AvgIpc) is 3.04. The molecule has 2 rings (SSSR count). The number of hydrogen-bond acceptors (Lipinski definition) is 3. The van der Waals surface area contributed by atoms with E-state index in [0.717, 1.165) is 38.0 Å². The highest BCUT2D eigenvalue weighted by Crippen LogP contribution is 2.11. The number of nitrogens with zero attached hydrogens (tertiary/aromatic N) is 1. The molecule has 0 radical (unpaired) electrons. The van der Waals surface area contributed by atoms with Crippen molar-refractivity contribution in [1.82, 2.24) is 10.2 Å². The number of carbonyl (C=O) groups is 1. The number of nitrogens with one attached hydrogen (secondary N) is 1. The molecule has 0 spiro atoms. The highest BCUT2D eigenvalue weighted by molar-refractivity contribution is 5.76. The quantitative estimate of drug-likeness (QED) is 0.746. The fourth-order valence-electron chi connectivity index (χ4n) is 2.72. The van der Waals surface area contributed by atoms with Crippen molar-refractivity contribution in [2.24, 2.45) is 0 Å². The summed E-state index contributed by atoms with van der Waals surface area (Å²) in [7, 11) is 0. The second-order valence-corrected chi connectivity index (χ2v) is 5.52. The van der Waals surface area contributed by atoms with Gasteiger partial charge >= 0.3 is 0 Å². The van der Waals surface area contributed by atoms with Gasteiger partial charge in [-0.3, -0.25) is 4.79 Å². The van der Waals surface area contributed by atoms with Gasteiger partial charge in [-0.05, 0) is 24.9 Å². The summed E-state index contributed by atoms with van der Waals surface area (Å²) < 4.78 is 5.62. The van der Waals surface area contributed by atoms with Crippen LogP contribution >= 0.6 is 0 Å². The van der Waals surface area contributed by atoms with Crippen LogP contribution in [-0.2, 0) is 16.1 Å². The maximum absolute atomic E-state index is 12.3. The van der Waals surface area contributed by atoms with E-state index >= 15 is 0 Å². The number of rotatable bonds is 8. The molecule has 1 atom stereocenters. The molecule has 1 aromatic rings. The Bertz CT molecular complexity index is 416. The van der Waals surface area contributed by atoms with E-state index in [-0.39, 0.29) is 5.91 Å². The predicted octanol–water partition coefficient (Wildman–Crippen LogP) is 2.19. The molecule has 1 heterocycles. The minimum Gasteiger partial charge on any atom is -0.376 e. The Balaban J connectivity index is 1.71. The Morgan fingerprint density at radius 3 is 2.86 bits per heavy atom. The monoisotopic (exact) mass is 290 g/mol. The molecule has 116 valence electrons. The normalized spacial score (nSPS) is 17.9. The van der Waals surface area contributed by atoms with Crippen molar-refractivity contribution in [3.63, 3.8) is 0 Å². The molecule has 4 heteroatoms. The minimum absolute atomic E-state index is 0.221. The van der Waals surface area contributed by atoms with Crippen molar-refractivity contribution >= 4 is 5.91 Å². The Morgan fingerprint density at radius 1 is 1.38 bits per heavy atom. The van der Waals surface area contributed by atoms with Gasteiger partial charge in [0, 0.05) is 19.1 Å². The fraction of sp³-hybridized carbons (Fsp3) is 0.588. The van der Waals surface area contributed by atoms with Gasteiger partial charge in [-0.1, -0.05) is 37.3 Å². The summed E-state index contributed by atoms with van der Waals surface area (Å²) in [6.07, 6.45) is 2.55. The molecule has 1 saturated heterocycles. The lowest BCUT2D eigenvalue weighted by Gasteiger charge is -2.28. The molecule has 0 aromatic heterocycles. The molecule has 4 nitrogen and oxygen atoms in total. The number of carbonyl (C=O) groups excluding carboxylic acids is 1. The van der Waals surface area contributed by atoms with Gasteiger partial charge in [0.25, 0.3) is 0 Å². The zero-order valence-corrected chi connectivity index (χ0v) is 12.9. The van der Waals surface area contributed by atoms with Crippen molar-refractivity contribution in [3.05, 3.63) is 35.9 Å². The van der Waals surface area contributed by atoms with Gasteiger partial charge in [-0.25, -0.2) is 0 Å². The van der Waals surface area contributed by atoms with Crippen molar-refractivity contribution in [2.75, 3.05) is 26.2 Å². The smallest absolute Gasteiger partial charge is 0.225 e. The van der Waals surface area contributed by atoms with E-state index in [1.54, 1.807) is 0 Å². The first kappa shape index (κ1) is 16.0. The molecular weight excluding hydrogens is 264 g/mol. The molecule has 1 amide bonds. The van der Waals surface area contributed by atoms with Gasteiger partial charge < -0.3 is 15.0 Å². The second kappa shape index (κ2) is 8.80. The van der Waals surface area contributed by atoms with Crippen LogP contribution in [0.5, 0.6) is 0 Å². The number of benzene rings is 1. The Kier molecular flexibility index (Phi) is 6.70. The molecule has 1 aliphatic rings. The molecule has 1 aliphatic heterocycles. The van der Waals surface area contributed by atoms with Gasteiger partial charge in [-0.15, -0.1) is 0 Å². The van der Waals surface area contributed by atoms with Crippen LogP contribution in [0.4, 0.5) is 0 Å². The van der Waals surface area contributed by atoms with Crippen LogP contribution in [0.3, 0.4) is 0 Å². The molecular formula is C17H26N2O2. The topological polar surface area (TPSA) is 41.6 Å². The van der Waals surface area contributed by atoms with E-state index in [1.807, 2.05) is 35.2 Å². The molecule has 21 heavy (non-hydrogen) atoms. The highest BCUT2D eigenvalue weighted by Gasteiger charge is 2.25. The van der Waals surface area contributed by atoms with E-state index in [1.165, 1.54) is 0 Å². The first-order valence-electron chi connectivity index (χ1n) is 7.93. The van der Waals surface area contributed by atoms with Crippen LogP contribution in [0.25, 0.3) is 0 Å². The van der Waals surface area contributed by atoms with Crippen LogP contribution in [0.2, 0.25) is 0 Å². The van der Waals surface area contributed by atoms with Crippen LogP contribution in [0.15, 0.2) is 30.3 Å². The van der Waals surface area contributed by atoms with Crippen molar-refractivity contribution < 1.29 is 9.53 Å². The number of hydrogen-bond donors (Lipinski definition) is 1. The van der Waals surface area contributed by atoms with Crippen molar-refractivity contribution in [3.8, 4) is 0 Å². The maximum atomic E-state index is 12.3. The lowest BCUT2D eigenvalue weighted by Crippen LogP contribution is -2.42. The van der Waals surface area contributed by atoms with Crippen LogP contribution < -0.4 is 5.32 Å². The number of ether oxygens (including phenoxy) is 1. The molecule has 1 fully saturated rings. The van der Waals surface area contributed by atoms with E-state index in [0.29, 0.717) is 25.7 Å². The summed E-state index contributed by atoms with van der Waals surface area (Å²) in [5.74, 6) is 0.221. The highest BCUT2D eigenvalue weighted by atomic mass is 16.5. The van der Waals surface area contributed by atoms with Gasteiger partial charge in [0.1, 0.15) is 0 Å². The molecule has 0 aliphatic carbocycles. The zero-order chi connectivity index (χ0) is 14.9. The summed E-state index contributed by atoms with van der Waals surface area (Å²) in [5, 5.41) is 3.33. The van der Waals surface area contributed by atoms with Gasteiger partial charge in [-0.2, -0.15) is 0 Å². The fourth-order valence-corrected chi connectivity index (χ4v) is 2.72. The Morgan fingerprint density at radius 2 is 2.19 bits per heavy atom. The van der Waals surface area contributed by atoms with Gasteiger partial charge in [0.05, 0.1) is 19.6 Å². The molecule has 0 bridgehead atoms. The Labute approximate surface area is 127 Å². The third kappa shape index (κ3) is 5.14. The first-order valence-corrected chi connectivity index (χ1v) is 7.93. The molecule has 1 unspecified atom stereocenters. The van der Waals surface area contributed by atoms with E-state index in [2.05, 4.69) is 12.2 Å². The molecule has 1 aromatic carbocycles. The predicted molar refractivity (Wildman–Crippen MR) is 84.0 cm³/mol. The maximum Gasteiger partial charge on any atom is 0.225 e. The minimum atomic E-state index is 0.221. The SMILES string of the molecule is CCCN(C(=O)CCOCc1ccccc1)C1CCNC1. The largest absolute Gasteiger partial charge is 0.376 e. The summed E-state index contributed by atoms with van der Waals surface area (Å²) in [6.45, 7) is 5.98. The third-order valence-corrected chi connectivity index (χ3v) is 3.83. The standard InChI is InChI=1S/C17H26N2O2/c1-2-11-19(16-8-10-18-13-16)17(20)9-12-21-14-15-6-4-3-5-7-15/h3-7,16,18H,2,8-14H2,1H3. The van der Waals surface area contributed by atoms with Gasteiger partial charge in [0.2, 0.25) is 5.91 Å². The van der Waals surface area contributed by atoms with E-state index in [9.17, 15) is 4.79 Å². The van der Waals surface area contributed by atoms with E-state index < -0.39 is 0 Å². The van der Waals surface area contributed by atoms with E-state index in [4.69, 9.17) is 4.74 Å². The summed E-state index contributed by atoms with van der Waals surface area (Å²) in [4.78, 5) is 14.4. The van der Waals surface area contributed by atoms with Crippen molar-refractivity contribution in [2.45, 2.75) is 38.8 Å². The van der Waals surface area contributed by atoms with Crippen LogP contribution in [0, 0.1) is 0 Å². The molecule has 1 N–H and O–H groups in total. The number of amides is 1. The van der Waals surface area contributed by atoms with Crippen molar-refractivity contribution in [1.29, 1.82) is 0 Å². The third-order valence-electron chi connectivity index (χ3n) is 3.83. The molecule has 0 saturated carbocycles. The lowest BCUT2D eigenvalue weighted by molar-refractivity contribution is -0.134.